The van der Waals surface area contributed by atoms with Gasteiger partial charge in [0, 0.05) is 16.3 Å². The molecule has 0 aliphatic rings. The number of amides is 1. The highest BCUT2D eigenvalue weighted by molar-refractivity contribution is 8.00. The smallest absolute Gasteiger partial charge is 0.236 e. The van der Waals surface area contributed by atoms with Gasteiger partial charge in [-0.2, -0.15) is 0 Å². The fourth-order valence-electron chi connectivity index (χ4n) is 2.50. The number of aromatic nitrogens is 3. The number of rotatable bonds is 5. The van der Waals surface area contributed by atoms with Crippen LogP contribution < -0.4 is 5.32 Å². The summed E-state index contributed by atoms with van der Waals surface area (Å²) in [6.07, 6.45) is 1.50. The molecule has 9 heteroatoms. The lowest BCUT2D eigenvalue weighted by Gasteiger charge is -2.05. The fraction of sp³-hybridized carbons (Fsp3) is 0.111. The second-order valence-electron chi connectivity index (χ2n) is 5.65. The van der Waals surface area contributed by atoms with Gasteiger partial charge < -0.3 is 5.32 Å². The number of nitrogens with zero attached hydrogens (tertiary/aromatic N) is 3. The second-order valence-corrected chi connectivity index (χ2v) is 8.33. The highest BCUT2D eigenvalue weighted by atomic mass is 32.2. The van der Waals surface area contributed by atoms with E-state index in [-0.39, 0.29) is 17.5 Å². The number of thiophene rings is 1. The zero-order valence-electron chi connectivity index (χ0n) is 14.1. The SMILES string of the molecule is Cc1csc(NC(=O)CSc2ncnc3scc(-c4ccc(F)cc4)c23)n1. The molecule has 0 aliphatic heterocycles. The molecule has 1 aromatic carbocycles. The van der Waals surface area contributed by atoms with Crippen LogP contribution in [0.15, 0.2) is 46.4 Å². The predicted molar refractivity (Wildman–Crippen MR) is 109 cm³/mol. The molecule has 3 heterocycles. The molecule has 0 aliphatic carbocycles. The Hall–Kier alpha value is -2.36. The van der Waals surface area contributed by atoms with E-state index in [9.17, 15) is 9.18 Å². The first-order chi connectivity index (χ1) is 13.1. The van der Waals surface area contributed by atoms with Crippen molar-refractivity contribution in [1.82, 2.24) is 15.0 Å². The second kappa shape index (κ2) is 7.71. The predicted octanol–water partition coefficient (Wildman–Crippen LogP) is 4.99. The lowest BCUT2D eigenvalue weighted by atomic mass is 10.1. The van der Waals surface area contributed by atoms with Gasteiger partial charge in [0.2, 0.25) is 5.91 Å². The van der Waals surface area contributed by atoms with Gasteiger partial charge in [0.15, 0.2) is 5.13 Å². The van der Waals surface area contributed by atoms with Gasteiger partial charge in [0.25, 0.3) is 0 Å². The molecule has 5 nitrogen and oxygen atoms in total. The van der Waals surface area contributed by atoms with E-state index in [4.69, 9.17) is 0 Å². The van der Waals surface area contributed by atoms with Crippen LogP contribution >= 0.6 is 34.4 Å². The number of aryl methyl sites for hydroxylation is 1. The molecule has 136 valence electrons. The highest BCUT2D eigenvalue weighted by Gasteiger charge is 2.15. The molecule has 0 bridgehead atoms. The number of carbonyl (C=O) groups excluding carboxylic acids is 1. The van der Waals surface area contributed by atoms with E-state index in [1.165, 1.54) is 52.9 Å². The maximum atomic E-state index is 13.2. The molecule has 0 fully saturated rings. The summed E-state index contributed by atoms with van der Waals surface area (Å²) in [7, 11) is 0. The van der Waals surface area contributed by atoms with Gasteiger partial charge in [0.05, 0.1) is 16.8 Å². The van der Waals surface area contributed by atoms with Crippen molar-refractivity contribution < 1.29 is 9.18 Å². The summed E-state index contributed by atoms with van der Waals surface area (Å²) in [5, 5.41) is 8.86. The monoisotopic (exact) mass is 416 g/mol. The largest absolute Gasteiger partial charge is 0.301 e. The number of nitrogens with one attached hydrogen (secondary N) is 1. The van der Waals surface area contributed by atoms with Gasteiger partial charge in [-0.3, -0.25) is 4.79 Å². The quantitative estimate of drug-likeness (QED) is 0.367. The highest BCUT2D eigenvalue weighted by Crippen LogP contribution is 2.37. The first-order valence-corrected chi connectivity index (χ1v) is 10.7. The molecule has 0 spiro atoms. The van der Waals surface area contributed by atoms with Crippen molar-refractivity contribution >= 4 is 55.7 Å². The van der Waals surface area contributed by atoms with Gasteiger partial charge in [-0.1, -0.05) is 23.9 Å². The Bertz CT molecular complexity index is 1110. The van der Waals surface area contributed by atoms with Crippen molar-refractivity contribution in [2.24, 2.45) is 0 Å². The molecule has 0 radical (unpaired) electrons. The first kappa shape index (κ1) is 18.0. The standard InChI is InChI=1S/C18H13FN4OS3/c1-10-6-27-18(22-10)23-14(24)8-26-17-15-13(7-25-16(15)20-9-21-17)11-2-4-12(19)5-3-11/h2-7,9H,8H2,1H3,(H,22,23,24). The average Bonchev–Trinajstić information content (AvgIpc) is 3.27. The van der Waals surface area contributed by atoms with Gasteiger partial charge in [-0.25, -0.2) is 19.3 Å². The fourth-order valence-corrected chi connectivity index (χ4v) is 5.00. The number of thioether (sulfide) groups is 1. The molecule has 0 saturated heterocycles. The maximum absolute atomic E-state index is 13.2. The summed E-state index contributed by atoms with van der Waals surface area (Å²) in [5.41, 5.74) is 2.71. The summed E-state index contributed by atoms with van der Waals surface area (Å²) in [4.78, 5) is 26.0. The minimum Gasteiger partial charge on any atom is -0.301 e. The number of carbonyl (C=O) groups is 1. The first-order valence-electron chi connectivity index (χ1n) is 7.93. The summed E-state index contributed by atoms with van der Waals surface area (Å²) in [6, 6.07) is 6.32. The average molecular weight is 417 g/mol. The molecular formula is C18H13FN4OS3. The van der Waals surface area contributed by atoms with Crippen LogP contribution in [0.25, 0.3) is 21.3 Å². The third-order valence-electron chi connectivity index (χ3n) is 3.70. The third-order valence-corrected chi connectivity index (χ3v) is 6.45. The van der Waals surface area contributed by atoms with Crippen LogP contribution in [-0.4, -0.2) is 26.6 Å². The van der Waals surface area contributed by atoms with Crippen molar-refractivity contribution in [3.8, 4) is 11.1 Å². The topological polar surface area (TPSA) is 67.8 Å². The molecule has 4 aromatic rings. The van der Waals surface area contributed by atoms with Gasteiger partial charge >= 0.3 is 0 Å². The summed E-state index contributed by atoms with van der Waals surface area (Å²) >= 11 is 4.24. The molecule has 4 rings (SSSR count). The number of hydrogen-bond acceptors (Lipinski definition) is 7. The Labute approximate surface area is 166 Å². The van der Waals surface area contributed by atoms with Crippen molar-refractivity contribution in [3.63, 3.8) is 0 Å². The number of halogens is 1. The Balaban J connectivity index is 1.57. The van der Waals surface area contributed by atoms with E-state index < -0.39 is 0 Å². The van der Waals surface area contributed by atoms with Crippen molar-refractivity contribution in [2.75, 3.05) is 11.1 Å². The number of fused-ring (bicyclic) bond motifs is 1. The Morgan fingerprint density at radius 3 is 2.74 bits per heavy atom. The van der Waals surface area contributed by atoms with Gasteiger partial charge in [-0.15, -0.1) is 22.7 Å². The molecule has 0 atom stereocenters. The van der Waals surface area contributed by atoms with Crippen LogP contribution in [0.4, 0.5) is 9.52 Å². The molecule has 1 amide bonds. The Morgan fingerprint density at radius 1 is 1.19 bits per heavy atom. The normalized spacial score (nSPS) is 11.0. The van der Waals surface area contributed by atoms with Gasteiger partial charge in [0.1, 0.15) is 22.0 Å². The lowest BCUT2D eigenvalue weighted by Crippen LogP contribution is -2.14. The molecule has 0 unspecified atom stereocenters. The van der Waals surface area contributed by atoms with Crippen LogP contribution in [0, 0.1) is 12.7 Å². The van der Waals surface area contributed by atoms with E-state index in [1.54, 1.807) is 12.1 Å². The van der Waals surface area contributed by atoms with E-state index in [1.807, 2.05) is 17.7 Å². The van der Waals surface area contributed by atoms with Crippen LogP contribution in [0.1, 0.15) is 5.69 Å². The van der Waals surface area contributed by atoms with Crippen molar-refractivity contribution in [3.05, 3.63) is 52.9 Å². The van der Waals surface area contributed by atoms with Crippen LogP contribution in [0.5, 0.6) is 0 Å². The zero-order valence-corrected chi connectivity index (χ0v) is 16.6. The van der Waals surface area contributed by atoms with E-state index >= 15 is 0 Å². The molecule has 27 heavy (non-hydrogen) atoms. The van der Waals surface area contributed by atoms with Gasteiger partial charge in [-0.05, 0) is 24.6 Å². The molecule has 3 aromatic heterocycles. The molecule has 1 N–H and O–H groups in total. The van der Waals surface area contributed by atoms with E-state index in [0.717, 1.165) is 32.1 Å². The van der Waals surface area contributed by atoms with E-state index in [2.05, 4.69) is 20.3 Å². The van der Waals surface area contributed by atoms with Crippen LogP contribution in [0.3, 0.4) is 0 Å². The summed E-state index contributed by atoms with van der Waals surface area (Å²) in [6.45, 7) is 1.88. The minimum atomic E-state index is -0.279. The molecule has 0 saturated carbocycles. The Kier molecular flexibility index (Phi) is 5.15. The number of anilines is 1. The Morgan fingerprint density at radius 2 is 2.00 bits per heavy atom. The number of hydrogen-bond donors (Lipinski definition) is 1. The third kappa shape index (κ3) is 4.00. The minimum absolute atomic E-state index is 0.139. The van der Waals surface area contributed by atoms with E-state index in [0.29, 0.717) is 5.13 Å². The number of benzene rings is 1. The van der Waals surface area contributed by atoms with Crippen molar-refractivity contribution in [1.29, 1.82) is 0 Å². The van der Waals surface area contributed by atoms with Crippen LogP contribution in [-0.2, 0) is 4.79 Å². The summed E-state index contributed by atoms with van der Waals surface area (Å²) in [5.74, 6) is -0.207. The van der Waals surface area contributed by atoms with Crippen molar-refractivity contribution in [2.45, 2.75) is 11.9 Å². The summed E-state index contributed by atoms with van der Waals surface area (Å²) < 4.78 is 13.2. The maximum Gasteiger partial charge on any atom is 0.236 e. The lowest BCUT2D eigenvalue weighted by molar-refractivity contribution is -0.113. The van der Waals surface area contributed by atoms with Crippen LogP contribution in [0.2, 0.25) is 0 Å². The number of thiazole rings is 1. The zero-order chi connectivity index (χ0) is 18.8. The molecular weight excluding hydrogens is 403 g/mol.